The van der Waals surface area contributed by atoms with Gasteiger partial charge in [-0.25, -0.2) is 0 Å². The van der Waals surface area contributed by atoms with E-state index in [-0.39, 0.29) is 5.78 Å². The van der Waals surface area contributed by atoms with E-state index in [4.69, 9.17) is 4.74 Å². The van der Waals surface area contributed by atoms with E-state index >= 15 is 0 Å². The number of anilines is 1. The van der Waals surface area contributed by atoms with Crippen molar-refractivity contribution in [2.24, 2.45) is 0 Å². The number of carbonyl (C=O) groups excluding carboxylic acids is 1. The predicted octanol–water partition coefficient (Wildman–Crippen LogP) is 4.88. The number of ketones is 1. The molecule has 0 spiro atoms. The third-order valence-electron chi connectivity index (χ3n) is 3.41. The van der Waals surface area contributed by atoms with Gasteiger partial charge in [0.1, 0.15) is 12.0 Å². The Bertz CT molecular complexity index is 838. The van der Waals surface area contributed by atoms with Crippen LogP contribution in [0.25, 0.3) is 6.08 Å². The molecular formula is C18H12F3NO2. The van der Waals surface area contributed by atoms with Crippen molar-refractivity contribution in [2.75, 3.05) is 5.32 Å². The minimum absolute atomic E-state index is 0.306. The first kappa shape index (κ1) is 15.9. The molecule has 6 heteroatoms. The van der Waals surface area contributed by atoms with E-state index in [0.29, 0.717) is 22.6 Å². The van der Waals surface area contributed by atoms with E-state index in [1.165, 1.54) is 30.5 Å². The van der Waals surface area contributed by atoms with Gasteiger partial charge >= 0.3 is 6.18 Å². The molecule has 0 saturated heterocycles. The molecule has 122 valence electrons. The molecule has 2 aromatic carbocycles. The minimum Gasteiger partial charge on any atom is -0.461 e. The van der Waals surface area contributed by atoms with Crippen LogP contribution in [0.5, 0.6) is 5.75 Å². The van der Waals surface area contributed by atoms with E-state index in [0.717, 1.165) is 12.1 Å². The summed E-state index contributed by atoms with van der Waals surface area (Å²) in [7, 11) is 0. The van der Waals surface area contributed by atoms with E-state index in [1.807, 2.05) is 0 Å². The summed E-state index contributed by atoms with van der Waals surface area (Å²) >= 11 is 0. The van der Waals surface area contributed by atoms with E-state index < -0.39 is 11.7 Å². The maximum Gasteiger partial charge on any atom is 0.416 e. The SMILES string of the molecule is O=C(C=Cc1cccc(C(F)(F)F)c1)c1ccc2c(c1)NC=CO2. The number of fused-ring (bicyclic) bond motifs is 1. The van der Waals surface area contributed by atoms with Gasteiger partial charge in [-0.05, 0) is 42.0 Å². The number of nitrogens with one attached hydrogen (secondary N) is 1. The summed E-state index contributed by atoms with van der Waals surface area (Å²) in [6.45, 7) is 0. The quantitative estimate of drug-likeness (QED) is 0.644. The topological polar surface area (TPSA) is 38.3 Å². The highest BCUT2D eigenvalue weighted by molar-refractivity contribution is 6.07. The summed E-state index contributed by atoms with van der Waals surface area (Å²) in [6, 6.07) is 9.66. The lowest BCUT2D eigenvalue weighted by Gasteiger charge is -2.13. The molecule has 2 aromatic rings. The maximum absolute atomic E-state index is 12.7. The Hall–Kier alpha value is -3.02. The number of allylic oxidation sites excluding steroid dienone is 1. The molecule has 0 amide bonds. The van der Waals surface area contributed by atoms with Crippen molar-refractivity contribution in [2.45, 2.75) is 6.18 Å². The summed E-state index contributed by atoms with van der Waals surface area (Å²) < 4.78 is 43.3. The van der Waals surface area contributed by atoms with Crippen LogP contribution in [0.2, 0.25) is 0 Å². The first-order chi connectivity index (χ1) is 11.4. The molecule has 0 aliphatic carbocycles. The molecule has 0 unspecified atom stereocenters. The molecule has 1 N–H and O–H groups in total. The number of rotatable bonds is 3. The second-order valence-corrected chi connectivity index (χ2v) is 5.10. The predicted molar refractivity (Wildman–Crippen MR) is 84.6 cm³/mol. The summed E-state index contributed by atoms with van der Waals surface area (Å²) in [6.07, 6.45) is 1.27. The third kappa shape index (κ3) is 3.48. The van der Waals surface area contributed by atoms with Crippen LogP contribution in [0, 0.1) is 0 Å². The van der Waals surface area contributed by atoms with Crippen molar-refractivity contribution in [1.82, 2.24) is 0 Å². The first-order valence-electron chi connectivity index (χ1n) is 7.05. The minimum atomic E-state index is -4.41. The molecule has 0 bridgehead atoms. The van der Waals surface area contributed by atoms with Crippen molar-refractivity contribution in [1.29, 1.82) is 0 Å². The normalized spacial score (nSPS) is 13.3. The smallest absolute Gasteiger partial charge is 0.416 e. The van der Waals surface area contributed by atoms with Gasteiger partial charge in [0.2, 0.25) is 0 Å². The Morgan fingerprint density at radius 3 is 2.75 bits per heavy atom. The number of carbonyl (C=O) groups is 1. The zero-order chi connectivity index (χ0) is 17.2. The maximum atomic E-state index is 12.7. The Morgan fingerprint density at radius 1 is 1.12 bits per heavy atom. The van der Waals surface area contributed by atoms with Crippen LogP contribution < -0.4 is 10.1 Å². The molecule has 0 saturated carbocycles. The van der Waals surface area contributed by atoms with Gasteiger partial charge in [-0.2, -0.15) is 13.2 Å². The Balaban J connectivity index is 1.79. The lowest BCUT2D eigenvalue weighted by Crippen LogP contribution is -2.04. The average Bonchev–Trinajstić information content (AvgIpc) is 2.59. The highest BCUT2D eigenvalue weighted by Gasteiger charge is 2.30. The third-order valence-corrected chi connectivity index (χ3v) is 3.41. The molecule has 3 rings (SSSR count). The van der Waals surface area contributed by atoms with Crippen LogP contribution in [0.4, 0.5) is 18.9 Å². The van der Waals surface area contributed by atoms with Crippen LogP contribution in [0.15, 0.2) is 61.0 Å². The van der Waals surface area contributed by atoms with Crippen molar-refractivity contribution in [3.63, 3.8) is 0 Å². The van der Waals surface area contributed by atoms with E-state index in [2.05, 4.69) is 5.32 Å². The molecule has 0 aromatic heterocycles. The fraction of sp³-hybridized carbons (Fsp3) is 0.0556. The fourth-order valence-corrected chi connectivity index (χ4v) is 2.22. The van der Waals surface area contributed by atoms with Crippen LogP contribution in [0.1, 0.15) is 21.5 Å². The molecule has 0 radical (unpaired) electrons. The van der Waals surface area contributed by atoms with Crippen LogP contribution in [-0.2, 0) is 6.18 Å². The van der Waals surface area contributed by atoms with Crippen LogP contribution in [-0.4, -0.2) is 5.78 Å². The number of ether oxygens (including phenoxy) is 1. The Labute approximate surface area is 136 Å². The lowest BCUT2D eigenvalue weighted by atomic mass is 10.1. The average molecular weight is 331 g/mol. The molecule has 0 fully saturated rings. The van der Waals surface area contributed by atoms with Crippen molar-refractivity contribution in [3.8, 4) is 5.75 Å². The van der Waals surface area contributed by atoms with Crippen LogP contribution >= 0.6 is 0 Å². The zero-order valence-corrected chi connectivity index (χ0v) is 12.3. The van der Waals surface area contributed by atoms with Crippen LogP contribution in [0.3, 0.4) is 0 Å². The molecule has 1 heterocycles. The summed E-state index contributed by atoms with van der Waals surface area (Å²) in [5, 5.41) is 2.95. The second kappa shape index (κ2) is 6.23. The van der Waals surface area contributed by atoms with Gasteiger partial charge in [0.25, 0.3) is 0 Å². The van der Waals surface area contributed by atoms with Gasteiger partial charge in [0.05, 0.1) is 11.3 Å². The molecule has 0 atom stereocenters. The molecule has 3 nitrogen and oxygen atoms in total. The second-order valence-electron chi connectivity index (χ2n) is 5.10. The van der Waals surface area contributed by atoms with Crippen molar-refractivity contribution < 1.29 is 22.7 Å². The Morgan fingerprint density at radius 2 is 1.96 bits per heavy atom. The molecule has 24 heavy (non-hydrogen) atoms. The highest BCUT2D eigenvalue weighted by atomic mass is 19.4. The van der Waals surface area contributed by atoms with Gasteiger partial charge in [0, 0.05) is 11.8 Å². The molecular weight excluding hydrogens is 319 g/mol. The summed E-state index contributed by atoms with van der Waals surface area (Å²) in [4.78, 5) is 12.2. The Kier molecular flexibility index (Phi) is 4.12. The number of halogens is 3. The largest absolute Gasteiger partial charge is 0.461 e. The van der Waals surface area contributed by atoms with Crippen molar-refractivity contribution >= 4 is 17.5 Å². The standard InChI is InChI=1S/C18H12F3NO2/c19-18(20,21)14-3-1-2-12(10-14)4-6-16(23)13-5-7-17-15(11-13)22-8-9-24-17/h1-11,22H. The van der Waals surface area contributed by atoms with Gasteiger partial charge in [0.15, 0.2) is 5.78 Å². The van der Waals surface area contributed by atoms with E-state index in [1.54, 1.807) is 24.4 Å². The first-order valence-corrected chi connectivity index (χ1v) is 7.05. The van der Waals surface area contributed by atoms with Gasteiger partial charge < -0.3 is 10.1 Å². The fourth-order valence-electron chi connectivity index (χ4n) is 2.22. The number of alkyl halides is 3. The van der Waals surface area contributed by atoms with E-state index in [9.17, 15) is 18.0 Å². The number of hydrogen-bond acceptors (Lipinski definition) is 3. The zero-order valence-electron chi connectivity index (χ0n) is 12.3. The van der Waals surface area contributed by atoms with Gasteiger partial charge in [-0.1, -0.05) is 18.2 Å². The van der Waals surface area contributed by atoms with Crippen molar-refractivity contribution in [3.05, 3.63) is 77.7 Å². The summed E-state index contributed by atoms with van der Waals surface area (Å²) in [5.41, 5.74) is 0.610. The number of hydrogen-bond donors (Lipinski definition) is 1. The number of benzene rings is 2. The monoisotopic (exact) mass is 331 g/mol. The van der Waals surface area contributed by atoms with Gasteiger partial charge in [-0.15, -0.1) is 0 Å². The van der Waals surface area contributed by atoms with Gasteiger partial charge in [-0.3, -0.25) is 4.79 Å². The summed E-state index contributed by atoms with van der Waals surface area (Å²) in [5.74, 6) is 0.280. The highest BCUT2D eigenvalue weighted by Crippen LogP contribution is 2.30. The molecule has 1 aliphatic heterocycles. The molecule has 1 aliphatic rings. The lowest BCUT2D eigenvalue weighted by molar-refractivity contribution is -0.137.